The van der Waals surface area contributed by atoms with E-state index in [0.29, 0.717) is 0 Å². The molecule has 0 unspecified atom stereocenters. The first-order chi connectivity index (χ1) is 19.3. The third-order valence-electron chi connectivity index (χ3n) is 8.81. The topological polar surface area (TPSA) is 0 Å². The van der Waals surface area contributed by atoms with Crippen molar-refractivity contribution >= 4 is 6.08 Å². The van der Waals surface area contributed by atoms with Crippen molar-refractivity contribution in [2.45, 2.75) is 16.7 Å². The van der Waals surface area contributed by atoms with E-state index in [1.165, 1.54) is 38.9 Å². The van der Waals surface area contributed by atoms with E-state index >= 15 is 0 Å². The van der Waals surface area contributed by atoms with E-state index in [-0.39, 0.29) is 5.92 Å². The maximum atomic E-state index is 4.10. The van der Waals surface area contributed by atoms with Gasteiger partial charge in [-0.25, -0.2) is 0 Å². The lowest BCUT2D eigenvalue weighted by molar-refractivity contribution is 0.343. The second kappa shape index (κ2) is 9.26. The van der Waals surface area contributed by atoms with Gasteiger partial charge in [0.1, 0.15) is 0 Å². The summed E-state index contributed by atoms with van der Waals surface area (Å²) in [5.41, 5.74) is 9.46. The zero-order valence-electron chi connectivity index (χ0n) is 21.9. The van der Waals surface area contributed by atoms with Crippen LogP contribution in [0, 0.1) is 0 Å². The van der Waals surface area contributed by atoms with Gasteiger partial charge in [0.2, 0.25) is 0 Å². The standard InChI is InChI=1S/C39H30/c1-2-29-16-15-21-32(28-29)38(26-13-14-27-38)39(30-17-5-3-6-18-30,31-19-7-4-8-20-31)37-35-24-11-9-22-33(35)34-23-10-12-25-36(34)37/h2-28,37H,1H2. The monoisotopic (exact) mass is 498 g/mol. The molecule has 0 saturated carbocycles. The molecule has 39 heavy (non-hydrogen) atoms. The van der Waals surface area contributed by atoms with E-state index in [9.17, 15) is 0 Å². The van der Waals surface area contributed by atoms with Crippen LogP contribution in [0.5, 0.6) is 0 Å². The van der Waals surface area contributed by atoms with E-state index < -0.39 is 10.8 Å². The summed E-state index contributed by atoms with van der Waals surface area (Å²) in [5, 5.41) is 0. The summed E-state index contributed by atoms with van der Waals surface area (Å²) in [6.07, 6.45) is 11.3. The Labute approximate surface area is 231 Å². The quantitative estimate of drug-likeness (QED) is 0.219. The fourth-order valence-corrected chi connectivity index (χ4v) is 7.32. The van der Waals surface area contributed by atoms with E-state index in [1.807, 2.05) is 6.08 Å². The smallest absolute Gasteiger partial charge is 0.0478 e. The summed E-state index contributed by atoms with van der Waals surface area (Å²) < 4.78 is 0. The van der Waals surface area contributed by atoms with Gasteiger partial charge in [-0.05, 0) is 44.5 Å². The summed E-state index contributed by atoms with van der Waals surface area (Å²) in [5.74, 6) is 0.0782. The minimum Gasteiger partial charge on any atom is -0.0985 e. The minimum absolute atomic E-state index is 0.0782. The number of rotatable bonds is 6. The average Bonchev–Trinajstić information content (AvgIpc) is 3.64. The highest BCUT2D eigenvalue weighted by molar-refractivity contribution is 5.82. The van der Waals surface area contributed by atoms with Crippen LogP contribution in [0.3, 0.4) is 0 Å². The highest BCUT2D eigenvalue weighted by Crippen LogP contribution is 2.64. The molecule has 0 fully saturated rings. The SMILES string of the molecule is C=Cc1cccc(C2(C(c3ccccc3)(c3ccccc3)C3c4ccccc4-c4ccccc43)C=CC=C2)c1. The Morgan fingerprint density at radius 1 is 0.564 bits per heavy atom. The molecule has 0 N–H and O–H groups in total. The lowest BCUT2D eigenvalue weighted by atomic mass is 9.48. The van der Waals surface area contributed by atoms with Gasteiger partial charge in [0.05, 0.1) is 0 Å². The lowest BCUT2D eigenvalue weighted by Crippen LogP contribution is -2.51. The highest BCUT2D eigenvalue weighted by Gasteiger charge is 2.59. The van der Waals surface area contributed by atoms with Gasteiger partial charge in [0, 0.05) is 16.7 Å². The molecule has 0 atom stereocenters. The van der Waals surface area contributed by atoms with Gasteiger partial charge in [-0.15, -0.1) is 0 Å². The van der Waals surface area contributed by atoms with E-state index in [1.54, 1.807) is 0 Å². The molecule has 0 heteroatoms. The van der Waals surface area contributed by atoms with Gasteiger partial charge in [-0.3, -0.25) is 0 Å². The molecule has 0 aromatic heterocycles. The molecule has 0 bridgehead atoms. The van der Waals surface area contributed by atoms with Crippen molar-refractivity contribution in [3.63, 3.8) is 0 Å². The van der Waals surface area contributed by atoms with Crippen molar-refractivity contribution in [3.8, 4) is 11.1 Å². The number of hydrogen-bond donors (Lipinski definition) is 0. The van der Waals surface area contributed by atoms with Gasteiger partial charge >= 0.3 is 0 Å². The van der Waals surface area contributed by atoms with Gasteiger partial charge in [0.15, 0.2) is 0 Å². The first-order valence-corrected chi connectivity index (χ1v) is 13.7. The van der Waals surface area contributed by atoms with Crippen LogP contribution in [-0.2, 0) is 10.8 Å². The Morgan fingerprint density at radius 2 is 1.08 bits per heavy atom. The van der Waals surface area contributed by atoms with Crippen LogP contribution in [0.4, 0.5) is 0 Å². The van der Waals surface area contributed by atoms with Crippen LogP contribution in [0.1, 0.15) is 39.3 Å². The van der Waals surface area contributed by atoms with Crippen molar-refractivity contribution in [1.29, 1.82) is 0 Å². The molecule has 5 aromatic rings. The van der Waals surface area contributed by atoms with Crippen molar-refractivity contribution in [2.24, 2.45) is 0 Å². The number of hydrogen-bond acceptors (Lipinski definition) is 0. The molecule has 0 amide bonds. The van der Waals surface area contributed by atoms with Crippen LogP contribution in [0.25, 0.3) is 17.2 Å². The molecule has 0 radical (unpaired) electrons. The van der Waals surface area contributed by atoms with Crippen LogP contribution < -0.4 is 0 Å². The van der Waals surface area contributed by atoms with Gasteiger partial charge in [-0.2, -0.15) is 0 Å². The Hall–Kier alpha value is -4.68. The summed E-state index contributed by atoms with van der Waals surface area (Å²) >= 11 is 0. The Balaban J connectivity index is 1.69. The molecular weight excluding hydrogens is 468 g/mol. The van der Waals surface area contributed by atoms with E-state index in [2.05, 4.69) is 164 Å². The number of allylic oxidation sites excluding steroid dienone is 4. The van der Waals surface area contributed by atoms with Crippen molar-refractivity contribution in [1.82, 2.24) is 0 Å². The molecule has 5 aromatic carbocycles. The molecule has 186 valence electrons. The van der Waals surface area contributed by atoms with Crippen molar-refractivity contribution in [3.05, 3.63) is 198 Å². The molecule has 0 aliphatic heterocycles. The first kappa shape index (κ1) is 23.4. The van der Waals surface area contributed by atoms with Gasteiger partial charge < -0.3 is 0 Å². The fraction of sp³-hybridized carbons (Fsp3) is 0.0769. The summed E-state index contributed by atoms with van der Waals surface area (Å²) in [6.45, 7) is 4.10. The Morgan fingerprint density at radius 3 is 1.62 bits per heavy atom. The maximum Gasteiger partial charge on any atom is 0.0478 e. The molecule has 0 saturated heterocycles. The van der Waals surface area contributed by atoms with Crippen LogP contribution >= 0.6 is 0 Å². The van der Waals surface area contributed by atoms with E-state index in [4.69, 9.17) is 0 Å². The molecule has 7 rings (SSSR count). The zero-order valence-corrected chi connectivity index (χ0v) is 21.9. The molecule has 0 spiro atoms. The zero-order chi connectivity index (χ0) is 26.3. The predicted octanol–water partition coefficient (Wildman–Crippen LogP) is 9.49. The molecule has 0 heterocycles. The van der Waals surface area contributed by atoms with Crippen LogP contribution in [0.15, 0.2) is 164 Å². The normalized spacial score (nSPS) is 15.2. The van der Waals surface area contributed by atoms with E-state index in [0.717, 1.165) is 5.56 Å². The number of benzene rings is 5. The maximum absolute atomic E-state index is 4.10. The Kier molecular flexibility index (Phi) is 5.56. The Bertz CT molecular complexity index is 1620. The average molecular weight is 499 g/mol. The molecular formula is C39H30. The number of fused-ring (bicyclic) bond motifs is 3. The van der Waals surface area contributed by atoms with Crippen molar-refractivity contribution < 1.29 is 0 Å². The third-order valence-corrected chi connectivity index (χ3v) is 8.81. The predicted molar refractivity (Wildman–Crippen MR) is 164 cm³/mol. The van der Waals surface area contributed by atoms with Crippen molar-refractivity contribution in [2.75, 3.05) is 0 Å². The van der Waals surface area contributed by atoms with Crippen LogP contribution in [-0.4, -0.2) is 0 Å². The molecule has 2 aliphatic carbocycles. The largest absolute Gasteiger partial charge is 0.0985 e. The summed E-state index contributed by atoms with van der Waals surface area (Å²) in [7, 11) is 0. The van der Waals surface area contributed by atoms with Gasteiger partial charge in [0.25, 0.3) is 0 Å². The third kappa shape index (κ3) is 3.31. The fourth-order valence-electron chi connectivity index (χ4n) is 7.32. The first-order valence-electron chi connectivity index (χ1n) is 13.7. The summed E-state index contributed by atoms with van der Waals surface area (Å²) in [6, 6.07) is 49.3. The minimum atomic E-state index is -0.485. The lowest BCUT2D eigenvalue weighted by Gasteiger charge is -2.53. The summed E-state index contributed by atoms with van der Waals surface area (Å²) in [4.78, 5) is 0. The highest BCUT2D eigenvalue weighted by atomic mass is 14.6. The molecule has 0 nitrogen and oxygen atoms in total. The van der Waals surface area contributed by atoms with Gasteiger partial charge in [-0.1, -0.05) is 170 Å². The second-order valence-corrected chi connectivity index (χ2v) is 10.6. The molecule has 2 aliphatic rings. The van der Waals surface area contributed by atoms with Crippen LogP contribution in [0.2, 0.25) is 0 Å². The second-order valence-electron chi connectivity index (χ2n) is 10.6.